The monoisotopic (exact) mass is 491 g/mol. The van der Waals surface area contributed by atoms with Crippen LogP contribution in [0.2, 0.25) is 0 Å². The first-order valence-electron chi connectivity index (χ1n) is 10.9. The van der Waals surface area contributed by atoms with Gasteiger partial charge in [-0.3, -0.25) is 9.59 Å². The lowest BCUT2D eigenvalue weighted by molar-refractivity contribution is 0.0956. The fraction of sp³-hybridized carbons (Fsp3) is 0.192. The van der Waals surface area contributed by atoms with Gasteiger partial charge in [0.2, 0.25) is 0 Å². The fourth-order valence-electron chi connectivity index (χ4n) is 3.66. The van der Waals surface area contributed by atoms with E-state index in [-0.39, 0.29) is 11.3 Å². The number of nitrogens with zero attached hydrogens (tertiary/aromatic N) is 1. The Morgan fingerprint density at radius 2 is 1.74 bits per heavy atom. The summed E-state index contributed by atoms with van der Waals surface area (Å²) >= 11 is 1.73. The maximum Gasteiger partial charge on any atom is 0.333 e. The third-order valence-corrected chi connectivity index (χ3v) is 6.46. The highest BCUT2D eigenvalue weighted by atomic mass is 32.2. The number of fused-ring (bicyclic) bond motifs is 1. The summed E-state index contributed by atoms with van der Waals surface area (Å²) in [6.45, 7) is 0.506. The van der Waals surface area contributed by atoms with E-state index in [4.69, 9.17) is 9.47 Å². The Kier molecular flexibility index (Phi) is 7.57. The molecule has 4 aromatic rings. The molecule has 180 valence electrons. The van der Waals surface area contributed by atoms with E-state index < -0.39 is 11.2 Å². The Balaban J connectivity index is 1.49. The average Bonchev–Trinajstić information content (AvgIpc) is 2.88. The molecule has 3 aromatic carbocycles. The largest absolute Gasteiger partial charge is 0.493 e. The molecule has 0 aliphatic carbocycles. The second kappa shape index (κ2) is 11.0. The molecule has 9 heteroatoms. The third kappa shape index (κ3) is 5.41. The van der Waals surface area contributed by atoms with E-state index in [1.54, 1.807) is 42.1 Å². The molecule has 0 saturated carbocycles. The minimum absolute atomic E-state index is 0.267. The number of nitrogens with one attached hydrogen (secondary N) is 2. The van der Waals surface area contributed by atoms with Crippen molar-refractivity contribution in [3.8, 4) is 17.2 Å². The zero-order valence-corrected chi connectivity index (χ0v) is 20.2. The van der Waals surface area contributed by atoms with Gasteiger partial charge in [0, 0.05) is 29.7 Å². The number of carbonyl (C=O) groups excluding carboxylic acids is 1. The Bertz CT molecular complexity index is 1460. The summed E-state index contributed by atoms with van der Waals surface area (Å²) in [6.07, 6.45) is 0. The van der Waals surface area contributed by atoms with E-state index in [1.165, 1.54) is 25.8 Å². The molecule has 2 N–H and O–H groups in total. The average molecular weight is 492 g/mol. The molecule has 0 aliphatic rings. The van der Waals surface area contributed by atoms with Crippen LogP contribution in [0.15, 0.2) is 76.3 Å². The van der Waals surface area contributed by atoms with Gasteiger partial charge in [-0.2, -0.15) is 11.8 Å². The minimum Gasteiger partial charge on any atom is -0.493 e. The lowest BCUT2D eigenvalue weighted by Gasteiger charge is -2.11. The number of benzene rings is 3. The van der Waals surface area contributed by atoms with Crippen LogP contribution in [0.5, 0.6) is 11.5 Å². The summed E-state index contributed by atoms with van der Waals surface area (Å²) in [4.78, 5) is 41.2. The molecule has 0 saturated heterocycles. The standard InChI is InChI=1S/C26H25N3O5S/c1-33-22-11-9-19(15-23(22)34-2)29-25(31)20-10-8-18(14-21(20)28-26(29)32)24(30)27-12-13-35-16-17-6-4-3-5-7-17/h3-11,14-15H,12-13,16H2,1-2H3,(H,27,30)(H,28,32). The lowest BCUT2D eigenvalue weighted by atomic mass is 10.1. The van der Waals surface area contributed by atoms with E-state index in [2.05, 4.69) is 22.4 Å². The number of aromatic amines is 1. The molecule has 35 heavy (non-hydrogen) atoms. The van der Waals surface area contributed by atoms with E-state index in [0.717, 1.165) is 16.1 Å². The smallest absolute Gasteiger partial charge is 0.333 e. The van der Waals surface area contributed by atoms with Crippen LogP contribution in [-0.4, -0.2) is 42.0 Å². The van der Waals surface area contributed by atoms with Crippen molar-refractivity contribution in [2.24, 2.45) is 0 Å². The molecule has 0 spiro atoms. The van der Waals surface area contributed by atoms with Gasteiger partial charge in [-0.05, 0) is 35.9 Å². The SMILES string of the molecule is COc1ccc(-n2c(=O)[nH]c3cc(C(=O)NCCSCc4ccccc4)ccc3c2=O)cc1OC. The first-order chi connectivity index (χ1) is 17.0. The van der Waals surface area contributed by atoms with Crippen LogP contribution >= 0.6 is 11.8 Å². The first-order valence-corrected chi connectivity index (χ1v) is 12.1. The summed E-state index contributed by atoms with van der Waals surface area (Å²) in [5.74, 6) is 2.25. The zero-order chi connectivity index (χ0) is 24.8. The highest BCUT2D eigenvalue weighted by Crippen LogP contribution is 2.28. The number of H-pyrrole nitrogens is 1. The molecule has 0 atom stereocenters. The molecule has 0 aliphatic heterocycles. The minimum atomic E-state index is -0.621. The van der Waals surface area contributed by atoms with Crippen molar-refractivity contribution in [2.45, 2.75) is 5.75 Å². The molecule has 8 nitrogen and oxygen atoms in total. The van der Waals surface area contributed by atoms with E-state index in [9.17, 15) is 14.4 Å². The topological polar surface area (TPSA) is 102 Å². The highest BCUT2D eigenvalue weighted by Gasteiger charge is 2.14. The molecule has 1 amide bonds. The quantitative estimate of drug-likeness (QED) is 0.348. The highest BCUT2D eigenvalue weighted by molar-refractivity contribution is 7.98. The van der Waals surface area contributed by atoms with E-state index in [0.29, 0.717) is 34.8 Å². The van der Waals surface area contributed by atoms with Crippen LogP contribution in [0.4, 0.5) is 0 Å². The number of rotatable bonds is 9. The number of carbonyl (C=O) groups is 1. The van der Waals surface area contributed by atoms with Crippen LogP contribution in [0, 0.1) is 0 Å². The molecule has 1 heterocycles. The normalized spacial score (nSPS) is 10.8. The van der Waals surface area contributed by atoms with Gasteiger partial charge in [-0.1, -0.05) is 30.3 Å². The number of amides is 1. The number of ether oxygens (including phenoxy) is 2. The van der Waals surface area contributed by atoms with Gasteiger partial charge in [0.15, 0.2) is 11.5 Å². The van der Waals surface area contributed by atoms with Crippen LogP contribution in [0.25, 0.3) is 16.6 Å². The maximum absolute atomic E-state index is 13.1. The zero-order valence-electron chi connectivity index (χ0n) is 19.4. The van der Waals surface area contributed by atoms with Crippen molar-refractivity contribution in [1.29, 1.82) is 0 Å². The van der Waals surface area contributed by atoms with Gasteiger partial charge in [0.05, 0.1) is 30.8 Å². The summed E-state index contributed by atoms with van der Waals surface area (Å²) in [5.41, 5.74) is 1.11. The van der Waals surface area contributed by atoms with Crippen molar-refractivity contribution in [2.75, 3.05) is 26.5 Å². The second-order valence-corrected chi connectivity index (χ2v) is 8.77. The van der Waals surface area contributed by atoms with Crippen molar-refractivity contribution >= 4 is 28.6 Å². The van der Waals surface area contributed by atoms with Crippen molar-refractivity contribution in [3.05, 3.63) is 98.7 Å². The number of aromatic nitrogens is 2. The number of methoxy groups -OCH3 is 2. The third-order valence-electron chi connectivity index (χ3n) is 5.43. The van der Waals surface area contributed by atoms with Gasteiger partial charge in [-0.25, -0.2) is 9.36 Å². The number of hydrogen-bond acceptors (Lipinski definition) is 6. The Hall–Kier alpha value is -3.98. The maximum atomic E-state index is 13.1. The van der Waals surface area contributed by atoms with E-state index in [1.807, 2.05) is 18.2 Å². The van der Waals surface area contributed by atoms with Crippen molar-refractivity contribution in [1.82, 2.24) is 14.9 Å². The molecule has 1 aromatic heterocycles. The molecular formula is C26H25N3O5S. The molecular weight excluding hydrogens is 466 g/mol. The predicted molar refractivity (Wildman–Crippen MR) is 138 cm³/mol. The fourth-order valence-corrected chi connectivity index (χ4v) is 4.48. The summed E-state index contributed by atoms with van der Waals surface area (Å²) < 4.78 is 11.5. The molecule has 0 unspecified atom stereocenters. The van der Waals surface area contributed by atoms with Crippen LogP contribution in [-0.2, 0) is 5.75 Å². The number of thioether (sulfide) groups is 1. The van der Waals surface area contributed by atoms with Gasteiger partial charge in [0.25, 0.3) is 11.5 Å². The molecule has 0 fully saturated rings. The van der Waals surface area contributed by atoms with Crippen LogP contribution in [0.3, 0.4) is 0 Å². The van der Waals surface area contributed by atoms with E-state index >= 15 is 0 Å². The summed E-state index contributed by atoms with van der Waals surface area (Å²) in [6, 6.07) is 19.5. The number of hydrogen-bond donors (Lipinski definition) is 2. The summed E-state index contributed by atoms with van der Waals surface area (Å²) in [7, 11) is 2.98. The van der Waals surface area contributed by atoms with Gasteiger partial charge < -0.3 is 19.8 Å². The van der Waals surface area contributed by atoms with Crippen molar-refractivity contribution < 1.29 is 14.3 Å². The predicted octanol–water partition coefficient (Wildman–Crippen LogP) is 3.36. The first kappa shape index (κ1) is 24.2. The molecule has 0 radical (unpaired) electrons. The Morgan fingerprint density at radius 3 is 2.49 bits per heavy atom. The van der Waals surface area contributed by atoms with Gasteiger partial charge in [-0.15, -0.1) is 0 Å². The van der Waals surface area contributed by atoms with Crippen molar-refractivity contribution in [3.63, 3.8) is 0 Å². The van der Waals surface area contributed by atoms with Gasteiger partial charge in [0.1, 0.15) is 0 Å². The lowest BCUT2D eigenvalue weighted by Crippen LogP contribution is -2.33. The van der Waals surface area contributed by atoms with Gasteiger partial charge >= 0.3 is 5.69 Å². The Morgan fingerprint density at radius 1 is 0.971 bits per heavy atom. The summed E-state index contributed by atoms with van der Waals surface area (Å²) in [5, 5.41) is 3.17. The molecule has 4 rings (SSSR count). The molecule has 0 bridgehead atoms. The Labute approximate surface area is 205 Å². The van der Waals surface area contributed by atoms with Crippen LogP contribution in [0.1, 0.15) is 15.9 Å². The van der Waals surface area contributed by atoms with Crippen LogP contribution < -0.4 is 26.0 Å². The second-order valence-electron chi connectivity index (χ2n) is 7.66.